The molecule has 0 N–H and O–H groups in total. The fourth-order valence-corrected chi connectivity index (χ4v) is 4.63. The zero-order valence-electron chi connectivity index (χ0n) is 16.4. The van der Waals surface area contributed by atoms with Crippen molar-refractivity contribution in [1.29, 1.82) is 0 Å². The third-order valence-electron chi connectivity index (χ3n) is 5.95. The standard InChI is InChI=1S/C23H30N2O2/c1-26-22-10-20(11-23(12-22)27-2)14-24-13-19-8-9-21(17-24)25(16-19)15-18-6-4-3-5-7-18/h3-7,10-12,19,21H,8-9,13-17H2,1-2H3/t19-,21+/m0/s1. The van der Waals surface area contributed by atoms with Gasteiger partial charge in [-0.05, 0) is 42.0 Å². The molecule has 3 aliphatic rings. The number of nitrogens with zero attached hydrogens (tertiary/aromatic N) is 2. The van der Waals surface area contributed by atoms with Gasteiger partial charge in [0.25, 0.3) is 0 Å². The predicted molar refractivity (Wildman–Crippen MR) is 108 cm³/mol. The maximum absolute atomic E-state index is 5.44. The molecule has 2 aromatic carbocycles. The molecule has 5 rings (SSSR count). The van der Waals surface area contributed by atoms with Gasteiger partial charge in [0, 0.05) is 44.8 Å². The summed E-state index contributed by atoms with van der Waals surface area (Å²) in [5.41, 5.74) is 2.69. The van der Waals surface area contributed by atoms with Crippen molar-refractivity contribution >= 4 is 0 Å². The lowest BCUT2D eigenvalue weighted by molar-refractivity contribution is 0.123. The largest absolute Gasteiger partial charge is 0.497 e. The summed E-state index contributed by atoms with van der Waals surface area (Å²) >= 11 is 0. The second kappa shape index (κ2) is 8.32. The molecule has 2 atom stereocenters. The van der Waals surface area contributed by atoms with Crippen LogP contribution in [-0.2, 0) is 13.1 Å². The van der Waals surface area contributed by atoms with Gasteiger partial charge in [-0.2, -0.15) is 0 Å². The van der Waals surface area contributed by atoms with Crippen LogP contribution in [0.4, 0.5) is 0 Å². The van der Waals surface area contributed by atoms with E-state index in [0.29, 0.717) is 6.04 Å². The molecule has 27 heavy (non-hydrogen) atoms. The third-order valence-corrected chi connectivity index (χ3v) is 5.95. The van der Waals surface area contributed by atoms with Gasteiger partial charge in [0.2, 0.25) is 0 Å². The second-order valence-electron chi connectivity index (χ2n) is 7.93. The molecule has 144 valence electrons. The first kappa shape index (κ1) is 18.3. The first-order valence-electron chi connectivity index (χ1n) is 9.96. The molecule has 0 amide bonds. The highest BCUT2D eigenvalue weighted by atomic mass is 16.5. The summed E-state index contributed by atoms with van der Waals surface area (Å²) in [5, 5.41) is 0. The fourth-order valence-electron chi connectivity index (χ4n) is 4.63. The maximum Gasteiger partial charge on any atom is 0.122 e. The van der Waals surface area contributed by atoms with Crippen molar-refractivity contribution in [3.8, 4) is 11.5 Å². The predicted octanol–water partition coefficient (Wildman–Crippen LogP) is 3.80. The minimum absolute atomic E-state index is 0.649. The molecule has 3 saturated heterocycles. The van der Waals surface area contributed by atoms with Crippen molar-refractivity contribution in [2.24, 2.45) is 5.92 Å². The third kappa shape index (κ3) is 4.45. The topological polar surface area (TPSA) is 24.9 Å². The molecular weight excluding hydrogens is 336 g/mol. The highest BCUT2D eigenvalue weighted by Crippen LogP contribution is 2.31. The van der Waals surface area contributed by atoms with Crippen LogP contribution in [0.25, 0.3) is 0 Å². The van der Waals surface area contributed by atoms with Crippen LogP contribution in [0.15, 0.2) is 48.5 Å². The van der Waals surface area contributed by atoms with E-state index in [4.69, 9.17) is 9.47 Å². The summed E-state index contributed by atoms with van der Waals surface area (Å²) < 4.78 is 10.9. The maximum atomic E-state index is 5.44. The molecule has 0 aromatic heterocycles. The van der Waals surface area contributed by atoms with Crippen LogP contribution in [0.5, 0.6) is 11.5 Å². The van der Waals surface area contributed by atoms with Gasteiger partial charge in [0.1, 0.15) is 11.5 Å². The highest BCUT2D eigenvalue weighted by molar-refractivity contribution is 5.38. The SMILES string of the molecule is COc1cc(CN2C[C@@H]3CC[C@H](C2)N(Cc2ccccc2)C3)cc(OC)c1. The van der Waals surface area contributed by atoms with Crippen LogP contribution in [-0.4, -0.2) is 49.7 Å². The quantitative estimate of drug-likeness (QED) is 0.776. The molecule has 4 heteroatoms. The minimum Gasteiger partial charge on any atom is -0.497 e. The fraction of sp³-hybridized carbons (Fsp3) is 0.478. The first-order valence-corrected chi connectivity index (χ1v) is 9.96. The highest BCUT2D eigenvalue weighted by Gasteiger charge is 2.34. The average Bonchev–Trinajstić information content (AvgIpc) is 2.99. The molecule has 3 aliphatic heterocycles. The second-order valence-corrected chi connectivity index (χ2v) is 7.93. The van der Waals surface area contributed by atoms with Crippen LogP contribution < -0.4 is 9.47 Å². The molecule has 0 spiro atoms. The van der Waals surface area contributed by atoms with Crippen molar-refractivity contribution in [1.82, 2.24) is 9.80 Å². The van der Waals surface area contributed by atoms with Gasteiger partial charge in [-0.1, -0.05) is 30.3 Å². The molecule has 2 aromatic rings. The summed E-state index contributed by atoms with van der Waals surface area (Å²) in [5.74, 6) is 2.50. The summed E-state index contributed by atoms with van der Waals surface area (Å²) in [6.07, 6.45) is 2.67. The van der Waals surface area contributed by atoms with Crippen molar-refractivity contribution < 1.29 is 9.47 Å². The van der Waals surface area contributed by atoms with Gasteiger partial charge in [0.15, 0.2) is 0 Å². The summed E-state index contributed by atoms with van der Waals surface area (Å²) in [4.78, 5) is 5.33. The monoisotopic (exact) mass is 366 g/mol. The Balaban J connectivity index is 1.46. The number of fused-ring (bicyclic) bond motifs is 4. The number of hydrogen-bond donors (Lipinski definition) is 0. The van der Waals surface area contributed by atoms with E-state index in [1.165, 1.54) is 37.1 Å². The Kier molecular flexibility index (Phi) is 5.65. The average molecular weight is 367 g/mol. The first-order chi connectivity index (χ1) is 13.2. The molecule has 3 heterocycles. The van der Waals surface area contributed by atoms with Crippen LogP contribution in [0.2, 0.25) is 0 Å². The van der Waals surface area contributed by atoms with Gasteiger partial charge in [0.05, 0.1) is 14.2 Å². The smallest absolute Gasteiger partial charge is 0.122 e. The minimum atomic E-state index is 0.649. The number of rotatable bonds is 6. The van der Waals surface area contributed by atoms with Gasteiger partial charge < -0.3 is 9.47 Å². The molecule has 0 saturated carbocycles. The van der Waals surface area contributed by atoms with E-state index in [1.54, 1.807) is 14.2 Å². The van der Waals surface area contributed by atoms with E-state index in [1.807, 2.05) is 6.07 Å². The molecule has 0 radical (unpaired) electrons. The van der Waals surface area contributed by atoms with Gasteiger partial charge >= 0.3 is 0 Å². The summed E-state index contributed by atoms with van der Waals surface area (Å²) in [6.45, 7) is 5.57. The van der Waals surface area contributed by atoms with Crippen molar-refractivity contribution in [3.05, 3.63) is 59.7 Å². The Labute approximate surface area is 162 Å². The lowest BCUT2D eigenvalue weighted by atomic mass is 9.94. The van der Waals surface area contributed by atoms with E-state index in [2.05, 4.69) is 52.3 Å². The van der Waals surface area contributed by atoms with Crippen LogP contribution >= 0.6 is 0 Å². The lowest BCUT2D eigenvalue weighted by Crippen LogP contribution is -2.43. The van der Waals surface area contributed by atoms with Gasteiger partial charge in [-0.15, -0.1) is 0 Å². The molecular formula is C23H30N2O2. The van der Waals surface area contributed by atoms with Crippen LogP contribution in [0.3, 0.4) is 0 Å². The van der Waals surface area contributed by atoms with Crippen molar-refractivity contribution in [2.45, 2.75) is 32.0 Å². The molecule has 0 aliphatic carbocycles. The van der Waals surface area contributed by atoms with Gasteiger partial charge in [-0.3, -0.25) is 9.80 Å². The van der Waals surface area contributed by atoms with E-state index < -0.39 is 0 Å². The van der Waals surface area contributed by atoms with E-state index >= 15 is 0 Å². The Morgan fingerprint density at radius 3 is 2.26 bits per heavy atom. The normalized spacial score (nSPS) is 23.2. The van der Waals surface area contributed by atoms with E-state index in [9.17, 15) is 0 Å². The van der Waals surface area contributed by atoms with Crippen LogP contribution in [0.1, 0.15) is 24.0 Å². The Morgan fingerprint density at radius 2 is 1.56 bits per heavy atom. The Hall–Kier alpha value is -2.04. The lowest BCUT2D eigenvalue weighted by Gasteiger charge is -2.36. The number of ether oxygens (including phenoxy) is 2. The van der Waals surface area contributed by atoms with Gasteiger partial charge in [-0.25, -0.2) is 0 Å². The zero-order chi connectivity index (χ0) is 18.6. The molecule has 3 fully saturated rings. The van der Waals surface area contributed by atoms with Crippen molar-refractivity contribution in [2.75, 3.05) is 33.9 Å². The van der Waals surface area contributed by atoms with E-state index in [0.717, 1.165) is 37.1 Å². The Bertz CT molecular complexity index is 727. The summed E-state index contributed by atoms with van der Waals surface area (Å²) in [7, 11) is 3.43. The zero-order valence-corrected chi connectivity index (χ0v) is 16.4. The van der Waals surface area contributed by atoms with E-state index in [-0.39, 0.29) is 0 Å². The number of hydrogen-bond acceptors (Lipinski definition) is 4. The Morgan fingerprint density at radius 1 is 0.815 bits per heavy atom. The molecule has 4 nitrogen and oxygen atoms in total. The summed E-state index contributed by atoms with van der Waals surface area (Å²) in [6, 6.07) is 17.8. The molecule has 2 bridgehead atoms. The number of piperidine rings is 1. The molecule has 0 unspecified atom stereocenters. The number of methoxy groups -OCH3 is 2. The van der Waals surface area contributed by atoms with Crippen molar-refractivity contribution in [3.63, 3.8) is 0 Å². The number of benzene rings is 2. The van der Waals surface area contributed by atoms with Crippen LogP contribution in [0, 0.1) is 5.92 Å².